The van der Waals surface area contributed by atoms with E-state index >= 15 is 0 Å². The molecular formula is C10H24O4Si. The molecule has 0 bridgehead atoms. The quantitative estimate of drug-likeness (QED) is 0.606. The Hall–Kier alpha value is 0.0569. The molecule has 0 rings (SSSR count). The highest BCUT2D eigenvalue weighted by molar-refractivity contribution is 6.53. The van der Waals surface area contributed by atoms with Gasteiger partial charge >= 0.3 is 9.05 Å². The fraction of sp³-hybridized carbons (Fsp3) is 1.00. The van der Waals surface area contributed by atoms with E-state index in [0.717, 1.165) is 12.8 Å². The third-order valence-electron chi connectivity index (χ3n) is 2.34. The van der Waals surface area contributed by atoms with Crippen molar-refractivity contribution in [3.63, 3.8) is 0 Å². The van der Waals surface area contributed by atoms with Gasteiger partial charge in [0.05, 0.1) is 0 Å². The number of rotatable bonds is 8. The van der Waals surface area contributed by atoms with E-state index in [1.807, 2.05) is 13.8 Å². The summed E-state index contributed by atoms with van der Waals surface area (Å²) in [4.78, 5) is 0. The summed E-state index contributed by atoms with van der Waals surface area (Å²) in [5, 5.41) is 0. The molecular weight excluding hydrogens is 212 g/mol. The van der Waals surface area contributed by atoms with E-state index in [4.69, 9.17) is 17.7 Å². The summed E-state index contributed by atoms with van der Waals surface area (Å²) >= 11 is 0. The van der Waals surface area contributed by atoms with Crippen molar-refractivity contribution in [3.8, 4) is 0 Å². The smallest absolute Gasteiger partial charge is 0.355 e. The summed E-state index contributed by atoms with van der Waals surface area (Å²) in [6.07, 6.45) is 1.98. The molecule has 0 amide bonds. The molecule has 0 saturated carbocycles. The van der Waals surface area contributed by atoms with E-state index in [2.05, 4.69) is 13.8 Å². The lowest BCUT2D eigenvalue weighted by molar-refractivity contribution is -0.0493. The predicted octanol–water partition coefficient (Wildman–Crippen LogP) is 2.34. The maximum Gasteiger partial charge on any atom is 0.679 e. The van der Waals surface area contributed by atoms with Crippen molar-refractivity contribution in [3.05, 3.63) is 0 Å². The third-order valence-corrected chi connectivity index (χ3v) is 4.72. The maximum absolute atomic E-state index is 5.73. The van der Waals surface area contributed by atoms with E-state index in [1.165, 1.54) is 0 Å². The van der Waals surface area contributed by atoms with Gasteiger partial charge in [0, 0.05) is 26.4 Å². The molecule has 0 N–H and O–H groups in total. The lowest BCUT2D eigenvalue weighted by Gasteiger charge is -2.30. The Kier molecular flexibility index (Phi) is 7.38. The second-order valence-corrected chi connectivity index (χ2v) is 5.87. The minimum Gasteiger partial charge on any atom is -0.355 e. The van der Waals surface area contributed by atoms with Gasteiger partial charge in [-0.05, 0) is 26.7 Å². The molecule has 2 atom stereocenters. The Balaban J connectivity index is 4.42. The molecule has 0 saturated heterocycles. The summed E-state index contributed by atoms with van der Waals surface area (Å²) < 4.78 is 22.1. The Labute approximate surface area is 94.4 Å². The molecule has 0 aliphatic rings. The van der Waals surface area contributed by atoms with E-state index in [0.29, 0.717) is 0 Å². The Morgan fingerprint density at radius 2 is 1.20 bits per heavy atom. The van der Waals surface area contributed by atoms with Crippen LogP contribution >= 0.6 is 0 Å². The van der Waals surface area contributed by atoms with Crippen LogP contribution in [-0.2, 0) is 17.7 Å². The normalized spacial score (nSPS) is 16.4. The highest BCUT2D eigenvalue weighted by atomic mass is 28.4. The van der Waals surface area contributed by atoms with Crippen LogP contribution in [-0.4, -0.2) is 35.5 Å². The lowest BCUT2D eigenvalue weighted by Crippen LogP contribution is -2.51. The zero-order valence-corrected chi connectivity index (χ0v) is 11.7. The van der Waals surface area contributed by atoms with Crippen LogP contribution < -0.4 is 0 Å². The van der Waals surface area contributed by atoms with Gasteiger partial charge in [0.1, 0.15) is 0 Å². The van der Waals surface area contributed by atoms with Crippen LogP contribution in [0.2, 0.25) is 0 Å². The maximum atomic E-state index is 5.73. The lowest BCUT2D eigenvalue weighted by atomic mass is 10.3. The molecule has 0 aromatic heterocycles. The summed E-state index contributed by atoms with van der Waals surface area (Å²) in [6, 6.07) is 0. The monoisotopic (exact) mass is 236 g/mol. The molecule has 0 spiro atoms. The highest BCUT2D eigenvalue weighted by Crippen LogP contribution is 2.17. The molecule has 92 valence electrons. The second kappa shape index (κ2) is 7.35. The summed E-state index contributed by atoms with van der Waals surface area (Å²) in [7, 11) is 0.228. The van der Waals surface area contributed by atoms with Gasteiger partial charge in [-0.15, -0.1) is 0 Å². The zero-order valence-electron chi connectivity index (χ0n) is 10.7. The van der Waals surface area contributed by atoms with Crippen molar-refractivity contribution in [2.75, 3.05) is 14.2 Å². The molecule has 2 unspecified atom stereocenters. The van der Waals surface area contributed by atoms with Crippen molar-refractivity contribution in [2.24, 2.45) is 0 Å². The standard InChI is InChI=1S/C10H24O4Si/c1-7-9(3)13-15(11-5,12-6)14-10(4)8-2/h9-10H,7-8H2,1-6H3. The Morgan fingerprint density at radius 3 is 1.40 bits per heavy atom. The van der Waals surface area contributed by atoms with Crippen LogP contribution in [0.5, 0.6) is 0 Å². The molecule has 0 heterocycles. The van der Waals surface area contributed by atoms with Gasteiger partial charge in [-0.1, -0.05) is 13.8 Å². The van der Waals surface area contributed by atoms with Crippen LogP contribution in [0.15, 0.2) is 0 Å². The first-order valence-corrected chi connectivity index (χ1v) is 7.12. The van der Waals surface area contributed by atoms with E-state index in [9.17, 15) is 0 Å². The number of hydrogen-bond acceptors (Lipinski definition) is 4. The number of hydrogen-bond donors (Lipinski definition) is 0. The predicted molar refractivity (Wildman–Crippen MR) is 61.4 cm³/mol. The molecule has 4 nitrogen and oxygen atoms in total. The zero-order chi connectivity index (χ0) is 11.9. The molecule has 0 aromatic carbocycles. The molecule has 0 aliphatic heterocycles. The fourth-order valence-corrected chi connectivity index (χ4v) is 2.89. The van der Waals surface area contributed by atoms with Gasteiger partial charge in [0.25, 0.3) is 0 Å². The first-order chi connectivity index (χ1) is 7.03. The van der Waals surface area contributed by atoms with Crippen LogP contribution in [0, 0.1) is 0 Å². The first kappa shape index (κ1) is 15.1. The van der Waals surface area contributed by atoms with Gasteiger partial charge < -0.3 is 17.7 Å². The van der Waals surface area contributed by atoms with Crippen LogP contribution in [0.4, 0.5) is 0 Å². The Morgan fingerprint density at radius 1 is 0.867 bits per heavy atom. The van der Waals surface area contributed by atoms with Crippen LogP contribution in [0.25, 0.3) is 0 Å². The van der Waals surface area contributed by atoms with Crippen molar-refractivity contribution in [1.82, 2.24) is 0 Å². The largest absolute Gasteiger partial charge is 0.679 e. The second-order valence-electron chi connectivity index (χ2n) is 3.58. The minimum absolute atomic E-state index is 0.0839. The third kappa shape index (κ3) is 5.08. The van der Waals surface area contributed by atoms with Crippen LogP contribution in [0.1, 0.15) is 40.5 Å². The van der Waals surface area contributed by atoms with Gasteiger partial charge in [0.15, 0.2) is 0 Å². The fourth-order valence-electron chi connectivity index (χ4n) is 0.963. The molecule has 0 radical (unpaired) electrons. The SMILES string of the molecule is CCC(C)O[Si](OC)(OC)OC(C)CC. The average molecular weight is 236 g/mol. The Bertz CT molecular complexity index is 148. The molecule has 15 heavy (non-hydrogen) atoms. The summed E-state index contributed by atoms with van der Waals surface area (Å²) in [5.41, 5.74) is 0. The van der Waals surface area contributed by atoms with E-state index < -0.39 is 9.05 Å². The van der Waals surface area contributed by atoms with Gasteiger partial charge in [-0.25, -0.2) is 0 Å². The topological polar surface area (TPSA) is 36.9 Å². The van der Waals surface area contributed by atoms with Gasteiger partial charge in [-0.3, -0.25) is 0 Å². The van der Waals surface area contributed by atoms with Crippen molar-refractivity contribution in [1.29, 1.82) is 0 Å². The van der Waals surface area contributed by atoms with Crippen molar-refractivity contribution < 1.29 is 17.7 Å². The van der Waals surface area contributed by atoms with E-state index in [1.54, 1.807) is 14.2 Å². The first-order valence-electron chi connectivity index (χ1n) is 5.49. The molecule has 0 aliphatic carbocycles. The van der Waals surface area contributed by atoms with Crippen molar-refractivity contribution >= 4 is 9.05 Å². The highest BCUT2D eigenvalue weighted by Gasteiger charge is 2.46. The van der Waals surface area contributed by atoms with Gasteiger partial charge in [-0.2, -0.15) is 0 Å². The summed E-state index contributed by atoms with van der Waals surface area (Å²) in [5.74, 6) is 0. The summed E-state index contributed by atoms with van der Waals surface area (Å²) in [6.45, 7) is 8.08. The van der Waals surface area contributed by atoms with Gasteiger partial charge in [0.2, 0.25) is 0 Å². The average Bonchev–Trinajstić information content (AvgIpc) is 2.27. The van der Waals surface area contributed by atoms with E-state index in [-0.39, 0.29) is 12.2 Å². The van der Waals surface area contributed by atoms with Crippen molar-refractivity contribution in [2.45, 2.75) is 52.7 Å². The minimum atomic E-state index is -2.91. The molecule has 5 heteroatoms. The molecule has 0 fully saturated rings. The van der Waals surface area contributed by atoms with Crippen LogP contribution in [0.3, 0.4) is 0 Å². The molecule has 0 aromatic rings.